The molecule has 0 aliphatic carbocycles. The summed E-state index contributed by atoms with van der Waals surface area (Å²) in [6, 6.07) is 8.60. The van der Waals surface area contributed by atoms with Crippen molar-refractivity contribution in [2.24, 2.45) is 0 Å². The Morgan fingerprint density at radius 2 is 1.87 bits per heavy atom. The molecule has 0 fully saturated rings. The van der Waals surface area contributed by atoms with Crippen LogP contribution in [0.2, 0.25) is 0 Å². The first-order chi connectivity index (χ1) is 7.25. The van der Waals surface area contributed by atoms with Crippen LogP contribution in [0.4, 0.5) is 0 Å². The van der Waals surface area contributed by atoms with Crippen molar-refractivity contribution in [1.82, 2.24) is 4.90 Å². The van der Waals surface area contributed by atoms with Crippen molar-refractivity contribution < 1.29 is 0 Å². The Labute approximate surface area is 91.0 Å². The van der Waals surface area contributed by atoms with Gasteiger partial charge in [-0.15, -0.1) is 0 Å². The zero-order valence-corrected chi connectivity index (χ0v) is 8.98. The smallest absolute Gasteiger partial charge is 0.0475 e. The van der Waals surface area contributed by atoms with E-state index >= 15 is 0 Å². The number of hydrogen-bond donors (Lipinski definition) is 0. The average Bonchev–Trinajstić information content (AvgIpc) is 2.25. The van der Waals surface area contributed by atoms with E-state index in [1.54, 1.807) is 0 Å². The third-order valence-corrected chi connectivity index (χ3v) is 2.51. The fourth-order valence-corrected chi connectivity index (χ4v) is 1.56. The quantitative estimate of drug-likeness (QED) is 0.702. The summed E-state index contributed by atoms with van der Waals surface area (Å²) in [5.41, 5.74) is 3.64. The Morgan fingerprint density at radius 1 is 1.13 bits per heavy atom. The van der Waals surface area contributed by atoms with Crippen LogP contribution in [0.15, 0.2) is 61.0 Å². The zero-order chi connectivity index (χ0) is 10.7. The maximum absolute atomic E-state index is 4.00. The van der Waals surface area contributed by atoms with Gasteiger partial charge in [0.1, 0.15) is 0 Å². The number of allylic oxidation sites excluding steroid dienone is 3. The SMILES string of the molecule is C=C1C=CC=CN1Cc1ccc(C)cc1. The van der Waals surface area contributed by atoms with Gasteiger partial charge in [-0.3, -0.25) is 0 Å². The molecule has 1 heterocycles. The van der Waals surface area contributed by atoms with Gasteiger partial charge in [0, 0.05) is 18.4 Å². The van der Waals surface area contributed by atoms with Crippen molar-refractivity contribution in [1.29, 1.82) is 0 Å². The fraction of sp³-hybridized carbons (Fsp3) is 0.143. The Bertz CT molecular complexity index is 409. The molecule has 0 radical (unpaired) electrons. The highest BCUT2D eigenvalue weighted by Crippen LogP contribution is 2.15. The standard InChI is InChI=1S/C14H15N/c1-12-6-8-14(9-7-12)11-15-10-4-3-5-13(15)2/h3-10H,2,11H2,1H3. The molecule has 0 bridgehead atoms. The van der Waals surface area contributed by atoms with Gasteiger partial charge in [-0.25, -0.2) is 0 Å². The summed E-state index contributed by atoms with van der Waals surface area (Å²) in [6.07, 6.45) is 8.12. The van der Waals surface area contributed by atoms with Crippen molar-refractivity contribution in [3.05, 3.63) is 72.1 Å². The van der Waals surface area contributed by atoms with Crippen molar-refractivity contribution >= 4 is 0 Å². The van der Waals surface area contributed by atoms with Crippen LogP contribution in [-0.2, 0) is 6.54 Å². The number of nitrogens with zero attached hydrogens (tertiary/aromatic N) is 1. The largest absolute Gasteiger partial charge is 0.344 e. The van der Waals surface area contributed by atoms with Crippen LogP contribution in [0.25, 0.3) is 0 Å². The van der Waals surface area contributed by atoms with Crippen LogP contribution in [0.3, 0.4) is 0 Å². The molecule has 1 nitrogen and oxygen atoms in total. The molecule has 15 heavy (non-hydrogen) atoms. The molecule has 0 unspecified atom stereocenters. The molecular formula is C14H15N. The third-order valence-electron chi connectivity index (χ3n) is 2.51. The second-order valence-corrected chi connectivity index (χ2v) is 3.81. The Hall–Kier alpha value is -1.76. The topological polar surface area (TPSA) is 3.24 Å². The van der Waals surface area contributed by atoms with Gasteiger partial charge in [0.2, 0.25) is 0 Å². The summed E-state index contributed by atoms with van der Waals surface area (Å²) in [7, 11) is 0. The highest BCUT2D eigenvalue weighted by molar-refractivity contribution is 5.28. The lowest BCUT2D eigenvalue weighted by atomic mass is 10.1. The second kappa shape index (κ2) is 4.18. The van der Waals surface area contributed by atoms with E-state index in [2.05, 4.69) is 48.9 Å². The molecule has 2 rings (SSSR count). The lowest BCUT2D eigenvalue weighted by Gasteiger charge is -2.22. The molecule has 1 aromatic carbocycles. The predicted molar refractivity (Wildman–Crippen MR) is 64.1 cm³/mol. The first-order valence-corrected chi connectivity index (χ1v) is 5.12. The van der Waals surface area contributed by atoms with Gasteiger partial charge in [-0.05, 0) is 24.6 Å². The minimum absolute atomic E-state index is 0.889. The van der Waals surface area contributed by atoms with Crippen molar-refractivity contribution in [2.75, 3.05) is 0 Å². The summed E-state index contributed by atoms with van der Waals surface area (Å²) in [5, 5.41) is 0. The molecule has 0 atom stereocenters. The Kier molecular flexibility index (Phi) is 2.72. The molecule has 76 valence electrons. The number of aryl methyl sites for hydroxylation is 1. The van der Waals surface area contributed by atoms with Gasteiger partial charge in [-0.1, -0.05) is 42.5 Å². The summed E-state index contributed by atoms with van der Waals surface area (Å²) >= 11 is 0. The Morgan fingerprint density at radius 3 is 2.53 bits per heavy atom. The van der Waals surface area contributed by atoms with Crippen molar-refractivity contribution in [3.63, 3.8) is 0 Å². The van der Waals surface area contributed by atoms with Crippen LogP contribution >= 0.6 is 0 Å². The van der Waals surface area contributed by atoms with Crippen molar-refractivity contribution in [3.8, 4) is 0 Å². The maximum atomic E-state index is 4.00. The van der Waals surface area contributed by atoms with E-state index < -0.39 is 0 Å². The van der Waals surface area contributed by atoms with Crippen LogP contribution in [0, 0.1) is 6.92 Å². The number of rotatable bonds is 2. The van der Waals surface area contributed by atoms with E-state index in [9.17, 15) is 0 Å². The first-order valence-electron chi connectivity index (χ1n) is 5.12. The minimum Gasteiger partial charge on any atom is -0.344 e. The van der Waals surface area contributed by atoms with Gasteiger partial charge in [0.15, 0.2) is 0 Å². The number of benzene rings is 1. The molecule has 1 aromatic rings. The minimum atomic E-state index is 0.889. The van der Waals surface area contributed by atoms with Crippen LogP contribution in [-0.4, -0.2) is 4.90 Å². The monoisotopic (exact) mass is 197 g/mol. The lowest BCUT2D eigenvalue weighted by Crippen LogP contribution is -2.15. The van der Waals surface area contributed by atoms with Crippen LogP contribution < -0.4 is 0 Å². The molecule has 1 aliphatic heterocycles. The van der Waals surface area contributed by atoms with Crippen LogP contribution in [0.5, 0.6) is 0 Å². The molecule has 0 saturated heterocycles. The van der Waals surface area contributed by atoms with Gasteiger partial charge >= 0.3 is 0 Å². The second-order valence-electron chi connectivity index (χ2n) is 3.81. The van der Waals surface area contributed by atoms with E-state index in [4.69, 9.17) is 0 Å². The lowest BCUT2D eigenvalue weighted by molar-refractivity contribution is 0.472. The molecule has 0 aromatic heterocycles. The van der Waals surface area contributed by atoms with Crippen molar-refractivity contribution in [2.45, 2.75) is 13.5 Å². The van der Waals surface area contributed by atoms with E-state index in [0.717, 1.165) is 12.2 Å². The third kappa shape index (κ3) is 2.38. The van der Waals surface area contributed by atoms with Gasteiger partial charge < -0.3 is 4.90 Å². The molecule has 1 aliphatic rings. The molecule has 1 heteroatoms. The van der Waals surface area contributed by atoms with Gasteiger partial charge in [0.25, 0.3) is 0 Å². The summed E-state index contributed by atoms with van der Waals surface area (Å²) < 4.78 is 0. The fourth-order valence-electron chi connectivity index (χ4n) is 1.56. The maximum Gasteiger partial charge on any atom is 0.0475 e. The Balaban J connectivity index is 2.09. The first kappa shape index (κ1) is 9.78. The summed E-state index contributed by atoms with van der Waals surface area (Å²) in [6.45, 7) is 6.99. The van der Waals surface area contributed by atoms with E-state index in [0.29, 0.717) is 0 Å². The number of hydrogen-bond acceptors (Lipinski definition) is 1. The molecule has 0 amide bonds. The average molecular weight is 197 g/mol. The van der Waals surface area contributed by atoms with Gasteiger partial charge in [-0.2, -0.15) is 0 Å². The van der Waals surface area contributed by atoms with Crippen LogP contribution in [0.1, 0.15) is 11.1 Å². The highest BCUT2D eigenvalue weighted by atomic mass is 15.1. The van der Waals surface area contributed by atoms with E-state index in [-0.39, 0.29) is 0 Å². The normalized spacial score (nSPS) is 14.7. The molecule has 0 spiro atoms. The van der Waals surface area contributed by atoms with E-state index in [1.165, 1.54) is 11.1 Å². The molecule has 0 saturated carbocycles. The van der Waals surface area contributed by atoms with Gasteiger partial charge in [0.05, 0.1) is 0 Å². The zero-order valence-electron chi connectivity index (χ0n) is 8.98. The predicted octanol–water partition coefficient (Wildman–Crippen LogP) is 3.39. The van der Waals surface area contributed by atoms with E-state index in [1.807, 2.05) is 18.2 Å². The summed E-state index contributed by atoms with van der Waals surface area (Å²) in [5.74, 6) is 0. The highest BCUT2D eigenvalue weighted by Gasteiger charge is 2.04. The molecule has 0 N–H and O–H groups in total. The molecular weight excluding hydrogens is 182 g/mol. The summed E-state index contributed by atoms with van der Waals surface area (Å²) in [4.78, 5) is 2.14.